The molecule has 2 rings (SSSR count). The lowest BCUT2D eigenvalue weighted by molar-refractivity contribution is -0.0135. The Balaban J connectivity index is 1.88. The van der Waals surface area contributed by atoms with Crippen molar-refractivity contribution in [3.63, 3.8) is 0 Å². The Morgan fingerprint density at radius 1 is 1.40 bits per heavy atom. The predicted octanol–water partition coefficient (Wildman–Crippen LogP) is 0.738. The lowest BCUT2D eigenvalue weighted by Crippen LogP contribution is -2.56. The van der Waals surface area contributed by atoms with Gasteiger partial charge in [0.1, 0.15) is 0 Å². The Morgan fingerprint density at radius 3 is 2.75 bits per heavy atom. The molecule has 6 nitrogen and oxygen atoms in total. The van der Waals surface area contributed by atoms with Gasteiger partial charge >= 0.3 is 6.03 Å². The van der Waals surface area contributed by atoms with Crippen molar-refractivity contribution in [2.24, 2.45) is 0 Å². The summed E-state index contributed by atoms with van der Waals surface area (Å²) >= 11 is 0. The molecular formula is C14H26N2O4. The van der Waals surface area contributed by atoms with E-state index in [1.54, 1.807) is 4.90 Å². The quantitative estimate of drug-likeness (QED) is 0.782. The van der Waals surface area contributed by atoms with Crippen molar-refractivity contribution >= 4 is 6.03 Å². The third kappa shape index (κ3) is 3.62. The maximum absolute atomic E-state index is 12.3. The number of hydrogen-bond donors (Lipinski definition) is 2. The minimum Gasteiger partial charge on any atom is -0.396 e. The van der Waals surface area contributed by atoms with Gasteiger partial charge in [-0.2, -0.15) is 0 Å². The Bertz CT molecular complexity index is 307. The van der Waals surface area contributed by atoms with Crippen LogP contribution in [-0.2, 0) is 9.47 Å². The van der Waals surface area contributed by atoms with Gasteiger partial charge in [-0.1, -0.05) is 0 Å². The Morgan fingerprint density at radius 2 is 2.15 bits per heavy atom. The predicted molar refractivity (Wildman–Crippen MR) is 74.6 cm³/mol. The molecule has 116 valence electrons. The van der Waals surface area contributed by atoms with Crippen molar-refractivity contribution in [1.29, 1.82) is 0 Å². The summed E-state index contributed by atoms with van der Waals surface area (Å²) in [5, 5.41) is 12.2. The van der Waals surface area contributed by atoms with Crippen molar-refractivity contribution < 1.29 is 19.4 Å². The van der Waals surface area contributed by atoms with Crippen molar-refractivity contribution in [2.75, 3.05) is 40.0 Å². The molecule has 0 aliphatic carbocycles. The van der Waals surface area contributed by atoms with Crippen LogP contribution in [-0.4, -0.2) is 67.7 Å². The van der Waals surface area contributed by atoms with Gasteiger partial charge in [0.2, 0.25) is 0 Å². The molecule has 2 aliphatic rings. The average molecular weight is 286 g/mol. The van der Waals surface area contributed by atoms with Gasteiger partial charge in [0.25, 0.3) is 0 Å². The van der Waals surface area contributed by atoms with Gasteiger partial charge in [-0.15, -0.1) is 0 Å². The second kappa shape index (κ2) is 7.24. The smallest absolute Gasteiger partial charge is 0.317 e. The molecule has 0 aromatic carbocycles. The molecule has 20 heavy (non-hydrogen) atoms. The largest absolute Gasteiger partial charge is 0.396 e. The van der Waals surface area contributed by atoms with E-state index >= 15 is 0 Å². The number of urea groups is 1. The normalized spacial score (nSPS) is 25.4. The summed E-state index contributed by atoms with van der Waals surface area (Å²) in [5.41, 5.74) is -0.284. The molecule has 0 aromatic rings. The molecule has 2 saturated heterocycles. The van der Waals surface area contributed by atoms with Gasteiger partial charge in [0.05, 0.1) is 11.6 Å². The molecule has 0 saturated carbocycles. The molecule has 2 N–H and O–H groups in total. The van der Waals surface area contributed by atoms with Gasteiger partial charge in [-0.3, -0.25) is 0 Å². The highest BCUT2D eigenvalue weighted by Gasteiger charge is 2.38. The molecule has 0 spiro atoms. The summed E-state index contributed by atoms with van der Waals surface area (Å²) in [6, 6.07) is -0.0872. The molecule has 1 atom stereocenters. The third-order valence-corrected chi connectivity index (χ3v) is 4.52. The number of hydrogen-bond acceptors (Lipinski definition) is 4. The highest BCUT2D eigenvalue weighted by Crippen LogP contribution is 2.30. The summed E-state index contributed by atoms with van der Waals surface area (Å²) in [4.78, 5) is 14.1. The van der Waals surface area contributed by atoms with Crippen molar-refractivity contribution in [3.05, 3.63) is 0 Å². The Kier molecular flexibility index (Phi) is 5.63. The minimum absolute atomic E-state index is 0.0867. The standard InChI is InChI=1S/C14H26N2O4/c1-16(13(18)15-11-12-3-2-8-20-12)14(4-7-17)5-9-19-10-6-14/h12,17H,2-11H2,1H3,(H,15,18). The summed E-state index contributed by atoms with van der Waals surface area (Å²) in [6.07, 6.45) is 4.38. The Labute approximate surface area is 120 Å². The van der Waals surface area contributed by atoms with Gasteiger partial charge in [-0.05, 0) is 32.1 Å². The zero-order chi connectivity index (χ0) is 14.4. The van der Waals surface area contributed by atoms with Gasteiger partial charge in [0.15, 0.2) is 0 Å². The lowest BCUT2D eigenvalue weighted by atomic mass is 9.85. The second-order valence-corrected chi connectivity index (χ2v) is 5.69. The number of ether oxygens (including phenoxy) is 2. The van der Waals surface area contributed by atoms with E-state index in [1.165, 1.54) is 0 Å². The van der Waals surface area contributed by atoms with Crippen LogP contribution in [0.5, 0.6) is 0 Å². The molecule has 6 heteroatoms. The Hall–Kier alpha value is -0.850. The summed E-state index contributed by atoms with van der Waals surface area (Å²) in [7, 11) is 1.81. The van der Waals surface area contributed by atoms with Crippen LogP contribution < -0.4 is 5.32 Å². The van der Waals surface area contributed by atoms with E-state index in [1.807, 2.05) is 7.05 Å². The van der Waals surface area contributed by atoms with Crippen LogP contribution in [0, 0.1) is 0 Å². The van der Waals surface area contributed by atoms with Crippen LogP contribution in [0.4, 0.5) is 4.79 Å². The molecule has 2 aliphatic heterocycles. The number of nitrogens with one attached hydrogen (secondary N) is 1. The third-order valence-electron chi connectivity index (χ3n) is 4.52. The van der Waals surface area contributed by atoms with E-state index in [0.29, 0.717) is 26.2 Å². The first-order chi connectivity index (χ1) is 9.68. The number of rotatable bonds is 5. The number of aliphatic hydroxyl groups is 1. The fraction of sp³-hybridized carbons (Fsp3) is 0.929. The highest BCUT2D eigenvalue weighted by atomic mass is 16.5. The first kappa shape index (κ1) is 15.5. The molecule has 0 bridgehead atoms. The van der Waals surface area contributed by atoms with Crippen molar-refractivity contribution in [2.45, 2.75) is 43.7 Å². The SMILES string of the molecule is CN(C(=O)NCC1CCCO1)C1(CCO)CCOCC1. The van der Waals surface area contributed by atoms with E-state index < -0.39 is 0 Å². The molecular weight excluding hydrogens is 260 g/mol. The van der Waals surface area contributed by atoms with Crippen LogP contribution >= 0.6 is 0 Å². The number of aliphatic hydroxyl groups excluding tert-OH is 1. The van der Waals surface area contributed by atoms with Crippen LogP contribution in [0.1, 0.15) is 32.1 Å². The molecule has 1 unspecified atom stereocenters. The molecule has 0 aromatic heterocycles. The first-order valence-electron chi connectivity index (χ1n) is 7.50. The minimum atomic E-state index is -0.284. The van der Waals surface area contributed by atoms with E-state index in [9.17, 15) is 9.90 Å². The highest BCUT2D eigenvalue weighted by molar-refractivity contribution is 5.74. The van der Waals surface area contributed by atoms with Crippen LogP contribution in [0.3, 0.4) is 0 Å². The van der Waals surface area contributed by atoms with Crippen LogP contribution in [0.15, 0.2) is 0 Å². The number of carbonyl (C=O) groups is 1. The van der Waals surface area contributed by atoms with Crippen LogP contribution in [0.25, 0.3) is 0 Å². The fourth-order valence-corrected chi connectivity index (χ4v) is 3.05. The number of nitrogens with zero attached hydrogens (tertiary/aromatic N) is 1. The number of carbonyl (C=O) groups excluding carboxylic acids is 1. The zero-order valence-electron chi connectivity index (χ0n) is 12.3. The maximum Gasteiger partial charge on any atom is 0.317 e. The average Bonchev–Trinajstić information content (AvgIpc) is 2.98. The van der Waals surface area contributed by atoms with Gasteiger partial charge < -0.3 is 24.8 Å². The fourth-order valence-electron chi connectivity index (χ4n) is 3.05. The number of amides is 2. The first-order valence-corrected chi connectivity index (χ1v) is 7.50. The summed E-state index contributed by atoms with van der Waals surface area (Å²) < 4.78 is 10.9. The van der Waals surface area contributed by atoms with E-state index in [2.05, 4.69) is 5.32 Å². The van der Waals surface area contributed by atoms with Crippen molar-refractivity contribution in [3.8, 4) is 0 Å². The lowest BCUT2D eigenvalue weighted by Gasteiger charge is -2.44. The van der Waals surface area contributed by atoms with Gasteiger partial charge in [0, 0.05) is 40.0 Å². The topological polar surface area (TPSA) is 71.0 Å². The van der Waals surface area contributed by atoms with E-state index in [4.69, 9.17) is 9.47 Å². The second-order valence-electron chi connectivity index (χ2n) is 5.69. The molecule has 2 amide bonds. The molecule has 2 fully saturated rings. The molecule has 2 heterocycles. The zero-order valence-corrected chi connectivity index (χ0v) is 12.3. The summed E-state index contributed by atoms with van der Waals surface area (Å²) in [6.45, 7) is 2.73. The summed E-state index contributed by atoms with van der Waals surface area (Å²) in [5.74, 6) is 0. The van der Waals surface area contributed by atoms with E-state index in [0.717, 1.165) is 32.3 Å². The maximum atomic E-state index is 12.3. The molecule has 0 radical (unpaired) electrons. The monoisotopic (exact) mass is 286 g/mol. The van der Waals surface area contributed by atoms with Crippen LogP contribution in [0.2, 0.25) is 0 Å². The van der Waals surface area contributed by atoms with Gasteiger partial charge in [-0.25, -0.2) is 4.79 Å². The van der Waals surface area contributed by atoms with E-state index in [-0.39, 0.29) is 24.3 Å². The van der Waals surface area contributed by atoms with Crippen molar-refractivity contribution in [1.82, 2.24) is 10.2 Å².